The molecule has 0 bridgehead atoms. The first kappa shape index (κ1) is 50.5. The van der Waals surface area contributed by atoms with Gasteiger partial charge in [0.05, 0.1) is 0 Å². The molecule has 2 N–H and O–H groups in total. The summed E-state index contributed by atoms with van der Waals surface area (Å²) in [5.74, 6) is 1.54. The highest BCUT2D eigenvalue weighted by atomic mass is 32.2. The summed E-state index contributed by atoms with van der Waals surface area (Å²) in [5, 5.41) is 0. The lowest BCUT2D eigenvalue weighted by Crippen LogP contribution is -2.26. The Morgan fingerprint density at radius 3 is 2.41 bits per heavy atom. The number of hydrogen-bond acceptors (Lipinski definition) is 3. The molecule has 0 spiro atoms. The third-order valence-electron chi connectivity index (χ3n) is 11.7. The van der Waals surface area contributed by atoms with E-state index in [1.54, 1.807) is 6.20 Å². The molecule has 0 radical (unpaired) electrons. The first-order valence-corrected chi connectivity index (χ1v) is 24.7. The minimum Gasteiger partial charge on any atom is -0.404 e. The third-order valence-corrected chi connectivity index (χ3v) is 12.9. The minimum absolute atomic E-state index is 0.510. The van der Waals surface area contributed by atoms with Crippen molar-refractivity contribution in [2.75, 3.05) is 5.75 Å². The van der Waals surface area contributed by atoms with Crippen LogP contribution < -0.4 is 5.73 Å². The largest absolute Gasteiger partial charge is 0.404 e. The van der Waals surface area contributed by atoms with Crippen LogP contribution in [0.25, 0.3) is 23.3 Å². The molecule has 0 saturated heterocycles. The van der Waals surface area contributed by atoms with Crippen LogP contribution in [0, 0.1) is 5.92 Å². The van der Waals surface area contributed by atoms with Crippen molar-refractivity contribution in [3.8, 4) is 11.1 Å². The highest BCUT2D eigenvalue weighted by Crippen LogP contribution is 2.41. The molecule has 3 aromatic rings. The first-order chi connectivity index (χ1) is 30.7. The Hall–Kier alpha value is -5.12. The predicted molar refractivity (Wildman–Crippen MR) is 285 cm³/mol. The van der Waals surface area contributed by atoms with Crippen molar-refractivity contribution in [2.24, 2.45) is 16.6 Å². The average molecular weight is 857 g/mol. The zero-order valence-corrected chi connectivity index (χ0v) is 41.0. The molecule has 2 nitrogen and oxygen atoms in total. The number of nitrogens with two attached hydrogens (primary N) is 1. The van der Waals surface area contributed by atoms with Crippen LogP contribution in [0.4, 0.5) is 0 Å². The number of rotatable bonds is 17. The Kier molecular flexibility index (Phi) is 21.2. The van der Waals surface area contributed by atoms with E-state index in [1.807, 2.05) is 32.5 Å². The zero-order valence-electron chi connectivity index (χ0n) is 40.1. The van der Waals surface area contributed by atoms with Gasteiger partial charge in [-0.25, -0.2) is 0 Å². The molecule has 1 aliphatic heterocycles. The van der Waals surface area contributed by atoms with E-state index in [9.17, 15) is 0 Å². The number of thioether (sulfide) groups is 1. The highest BCUT2D eigenvalue weighted by molar-refractivity contribution is 8.03. The lowest BCUT2D eigenvalue weighted by atomic mass is 9.78. The summed E-state index contributed by atoms with van der Waals surface area (Å²) < 4.78 is 0. The van der Waals surface area contributed by atoms with Gasteiger partial charge < -0.3 is 5.73 Å². The molecule has 1 unspecified atom stereocenters. The van der Waals surface area contributed by atoms with Gasteiger partial charge in [-0.15, -0.1) is 11.8 Å². The molecule has 0 saturated carbocycles. The van der Waals surface area contributed by atoms with Crippen molar-refractivity contribution < 1.29 is 0 Å². The van der Waals surface area contributed by atoms with E-state index in [1.165, 1.54) is 67.0 Å². The van der Waals surface area contributed by atoms with Crippen molar-refractivity contribution in [2.45, 2.75) is 126 Å². The number of nitrogens with zero attached hydrogens (tertiary/aromatic N) is 1. The van der Waals surface area contributed by atoms with Crippen LogP contribution in [0.3, 0.4) is 0 Å². The lowest BCUT2D eigenvalue weighted by molar-refractivity contribution is 0.487. The Bertz CT molecular complexity index is 2280. The zero-order chi connectivity index (χ0) is 45.6. The molecule has 63 heavy (non-hydrogen) atoms. The van der Waals surface area contributed by atoms with Crippen LogP contribution in [0.2, 0.25) is 0 Å². The maximum absolute atomic E-state index is 6.12. The van der Waals surface area contributed by atoms with E-state index >= 15 is 0 Å². The number of aliphatic imine (C=N–C) groups is 1. The summed E-state index contributed by atoms with van der Waals surface area (Å²) in [4.78, 5) is 7.02. The van der Waals surface area contributed by atoms with Gasteiger partial charge in [-0.05, 0) is 169 Å². The topological polar surface area (TPSA) is 38.4 Å². The maximum atomic E-state index is 6.12. The molecule has 5 rings (SSSR count). The molecular weight excluding hydrogens is 781 g/mol. The highest BCUT2D eigenvalue weighted by Gasteiger charge is 2.33. The summed E-state index contributed by atoms with van der Waals surface area (Å²) >= 11 is 1.90. The Morgan fingerprint density at radius 2 is 1.75 bits per heavy atom. The standard InChI is InChI=1S/C58H70N2S.C2H6/c1-9-21-49(41-59)47-24-20-36-61-57(14-6)48(33-32-47)31-30-44-37-45(42-60-58(35-12-4,51(22-10-2)23-11-3)52-25-16-15-17-26-52)39-50(38-44)56-40-46(13-5)53(34-29-43(7)8)54-27-18-19-28-55(54)56;1-2/h9-10,13-17,19-26,28,31-32,37-43H,5,11-12,18,27,29-30,33-36,59H2,1-4,6-8H3;1-2H3/b21-9-,22-10-,24-20-,47-32+,48-31-,49-41+,51-23+,57-14+,60-42?;. The molecule has 0 fully saturated rings. The molecule has 1 atom stereocenters. The second-order valence-corrected chi connectivity index (χ2v) is 17.6. The SMILES string of the molecule is C=Cc1cc(-c2cc(C=NC(CCC)(C(/C=C\C)=C/CC)c3ccccc3)cc(C/C=C3/C/C=C(C(/C=C\C)=C/N)\C=C/CS/C3=C/C)c2)c2c(c1CCC(C)C)CCC=C2.CC. The second-order valence-electron chi connectivity index (χ2n) is 16.5. The maximum Gasteiger partial charge on any atom is 0.110 e. The summed E-state index contributed by atoms with van der Waals surface area (Å²) in [6.45, 7) is 23.8. The third kappa shape index (κ3) is 13.4. The molecule has 0 aromatic heterocycles. The number of allylic oxidation sites excluding steroid dienone is 12. The summed E-state index contributed by atoms with van der Waals surface area (Å²) in [7, 11) is 0. The van der Waals surface area contributed by atoms with Gasteiger partial charge in [-0.2, -0.15) is 0 Å². The van der Waals surface area contributed by atoms with Crippen molar-refractivity contribution in [1.29, 1.82) is 0 Å². The van der Waals surface area contributed by atoms with Crippen LogP contribution in [0.1, 0.15) is 140 Å². The van der Waals surface area contributed by atoms with Gasteiger partial charge >= 0.3 is 0 Å². The van der Waals surface area contributed by atoms with E-state index in [2.05, 4.69) is 188 Å². The van der Waals surface area contributed by atoms with Crippen molar-refractivity contribution in [1.82, 2.24) is 0 Å². The molecule has 1 aliphatic carbocycles. The molecule has 0 amide bonds. The van der Waals surface area contributed by atoms with Gasteiger partial charge in [0.25, 0.3) is 0 Å². The normalized spacial score (nSPS) is 18.5. The van der Waals surface area contributed by atoms with Gasteiger partial charge in [0.2, 0.25) is 0 Å². The smallest absolute Gasteiger partial charge is 0.110 e. The van der Waals surface area contributed by atoms with E-state index in [0.29, 0.717) is 5.92 Å². The summed E-state index contributed by atoms with van der Waals surface area (Å²) in [6, 6.07) is 20.5. The summed E-state index contributed by atoms with van der Waals surface area (Å²) in [5.41, 5.74) is 22.1. The average Bonchev–Trinajstić information content (AvgIpc) is 3.41. The van der Waals surface area contributed by atoms with Crippen LogP contribution in [0.15, 0.2) is 166 Å². The quantitative estimate of drug-likeness (QED) is 0.108. The lowest BCUT2D eigenvalue weighted by Gasteiger charge is -2.32. The van der Waals surface area contributed by atoms with Gasteiger partial charge in [0, 0.05) is 23.1 Å². The van der Waals surface area contributed by atoms with Crippen LogP contribution in [0.5, 0.6) is 0 Å². The molecular formula is C60H76N2S. The number of hydrogen-bond donors (Lipinski definition) is 1. The summed E-state index contributed by atoms with van der Waals surface area (Å²) in [6.07, 6.45) is 42.0. The fourth-order valence-corrected chi connectivity index (χ4v) is 9.66. The first-order valence-electron chi connectivity index (χ1n) is 23.7. The van der Waals surface area contributed by atoms with Gasteiger partial charge in [0.15, 0.2) is 0 Å². The molecule has 3 aromatic carbocycles. The van der Waals surface area contributed by atoms with Crippen LogP contribution in [-0.4, -0.2) is 12.0 Å². The van der Waals surface area contributed by atoms with E-state index < -0.39 is 5.54 Å². The number of fused-ring (bicyclic) bond motifs is 1. The molecule has 3 heteroatoms. The number of benzene rings is 3. The van der Waals surface area contributed by atoms with Crippen molar-refractivity contribution in [3.63, 3.8) is 0 Å². The van der Waals surface area contributed by atoms with Crippen LogP contribution >= 0.6 is 11.8 Å². The molecule has 332 valence electrons. The van der Waals surface area contributed by atoms with Gasteiger partial charge in [0.1, 0.15) is 5.54 Å². The molecule has 2 aliphatic rings. The van der Waals surface area contributed by atoms with Crippen molar-refractivity contribution in [3.05, 3.63) is 200 Å². The Balaban J connectivity index is 0.00000429. The van der Waals surface area contributed by atoms with E-state index in [4.69, 9.17) is 10.7 Å². The predicted octanol–water partition coefficient (Wildman–Crippen LogP) is 17.0. The van der Waals surface area contributed by atoms with Crippen molar-refractivity contribution >= 4 is 30.1 Å². The van der Waals surface area contributed by atoms with E-state index in [-0.39, 0.29) is 0 Å². The second kappa shape index (κ2) is 26.5. The van der Waals surface area contributed by atoms with E-state index in [0.717, 1.165) is 73.8 Å². The monoisotopic (exact) mass is 857 g/mol. The minimum atomic E-state index is -0.510. The van der Waals surface area contributed by atoms with Crippen LogP contribution in [-0.2, 0) is 24.8 Å². The fraction of sp³-hybridized carbons (Fsp3) is 0.350. The van der Waals surface area contributed by atoms with Gasteiger partial charge in [-0.1, -0.05) is 170 Å². The Morgan fingerprint density at radius 1 is 0.968 bits per heavy atom. The van der Waals surface area contributed by atoms with Gasteiger partial charge in [-0.3, -0.25) is 4.99 Å². The Labute approximate surface area is 387 Å². The fourth-order valence-electron chi connectivity index (χ4n) is 8.77. The molecule has 1 heterocycles.